The summed E-state index contributed by atoms with van der Waals surface area (Å²) in [7, 11) is 0. The largest absolute Gasteiger partial charge is 0.463 e. The fraction of sp³-hybridized carbons (Fsp3) is 0.500. The standard InChI is InChI=1S/C40H53N7O11/c1-22(2)29(46-36(51)57-38(5,6)7)34(49)54-31-26(19-53-28(48)18-24-14-12-11-13-15-24)56-40(20-41,27-17-16-25(45-27)33(43)44-21-42)32(31)55-35(50)30(23(3)4)47-37(52)58-39(8,9)10/h11-17,21-22,26,29,31-32,45H,18-19H2,1-10H3,(H,46,51)(H,47,52)(H3,42,43,44)/p+1/t26-,29+,31-,32-,40+/m1/s1. The maximum Gasteiger partial charge on any atom is 0.412 e. The Morgan fingerprint density at radius 3 is 2.17 bits per heavy atom. The van der Waals surface area contributed by atoms with E-state index in [0.29, 0.717) is 5.56 Å². The number of carbonyl (C=O) groups excluding carboxylic acids is 5. The zero-order chi connectivity index (χ0) is 43.6. The summed E-state index contributed by atoms with van der Waals surface area (Å²) in [5.74, 6) is -3.54. The van der Waals surface area contributed by atoms with E-state index in [-0.39, 0.29) is 34.9 Å². The molecule has 5 atom stereocenters. The zero-order valence-corrected chi connectivity index (χ0v) is 34.5. The maximum atomic E-state index is 14.1. The summed E-state index contributed by atoms with van der Waals surface area (Å²) in [6.07, 6.45) is -6.09. The van der Waals surface area contributed by atoms with Gasteiger partial charge in [0.25, 0.3) is 12.2 Å². The molecule has 2 aromatic rings. The number of nitrogens with one attached hydrogen (secondary N) is 3. The Morgan fingerprint density at radius 2 is 1.62 bits per heavy atom. The van der Waals surface area contributed by atoms with Gasteiger partial charge < -0.3 is 44.5 Å². The second kappa shape index (κ2) is 19.3. The molecule has 2 amide bonds. The number of benzene rings is 1. The second-order valence-electron chi connectivity index (χ2n) is 15.9. The minimum atomic E-state index is -2.33. The van der Waals surface area contributed by atoms with Gasteiger partial charge in [-0.3, -0.25) is 15.5 Å². The lowest BCUT2D eigenvalue weighted by molar-refractivity contribution is -0.169. The van der Waals surface area contributed by atoms with Crippen LogP contribution in [0.4, 0.5) is 9.59 Å². The van der Waals surface area contributed by atoms with Crippen LogP contribution >= 0.6 is 0 Å². The Hall–Kier alpha value is -6.22. The van der Waals surface area contributed by atoms with E-state index in [1.165, 1.54) is 26.0 Å². The number of rotatable bonds is 14. The molecule has 0 radical (unpaired) electrons. The number of alkyl carbamates (subject to hydrolysis) is 2. The van der Waals surface area contributed by atoms with Crippen molar-refractivity contribution in [2.75, 3.05) is 6.61 Å². The van der Waals surface area contributed by atoms with E-state index < -0.39 is 83.8 Å². The second-order valence-corrected chi connectivity index (χ2v) is 15.9. The summed E-state index contributed by atoms with van der Waals surface area (Å²) in [5, 5.41) is 21.3. The molecule has 0 bridgehead atoms. The van der Waals surface area contributed by atoms with Gasteiger partial charge in [0.1, 0.15) is 47.4 Å². The molecule has 1 fully saturated rings. The highest BCUT2D eigenvalue weighted by Crippen LogP contribution is 2.43. The average molecular weight is 809 g/mol. The molecule has 18 nitrogen and oxygen atoms in total. The van der Waals surface area contributed by atoms with Crippen molar-refractivity contribution >= 4 is 42.3 Å². The third-order valence-electron chi connectivity index (χ3n) is 8.15. The van der Waals surface area contributed by atoms with Gasteiger partial charge in [0.15, 0.2) is 12.2 Å². The monoisotopic (exact) mass is 808 g/mol. The van der Waals surface area contributed by atoms with Crippen LogP contribution in [0.15, 0.2) is 58.7 Å². The first-order valence-electron chi connectivity index (χ1n) is 18.4. The number of aromatic amines is 1. The van der Waals surface area contributed by atoms with Crippen LogP contribution in [0.2, 0.25) is 0 Å². The summed E-state index contributed by atoms with van der Waals surface area (Å²) in [6, 6.07) is 12.3. The molecule has 2 heterocycles. The van der Waals surface area contributed by atoms with Crippen LogP contribution in [0.25, 0.3) is 0 Å². The number of ether oxygens (including phenoxy) is 6. The number of H-pyrrole nitrogens is 1. The summed E-state index contributed by atoms with van der Waals surface area (Å²) in [6.45, 7) is 15.6. The van der Waals surface area contributed by atoms with Crippen molar-refractivity contribution in [2.24, 2.45) is 16.6 Å². The average Bonchev–Trinajstić information content (AvgIpc) is 3.72. The van der Waals surface area contributed by atoms with Gasteiger partial charge in [-0.2, -0.15) is 5.26 Å². The fourth-order valence-corrected chi connectivity index (χ4v) is 5.58. The summed E-state index contributed by atoms with van der Waals surface area (Å²) < 4.78 is 34.7. The number of nitrogens with zero attached hydrogens (tertiary/aromatic N) is 2. The number of carbonyl (C=O) groups is 5. The topological polar surface area (TPSA) is 268 Å². The van der Waals surface area contributed by atoms with Crippen LogP contribution in [-0.4, -0.2) is 89.4 Å². The molecule has 0 saturated carbocycles. The molecular formula is C40H54N7O11+. The number of aliphatic imine (C=N–C) groups is 1. The van der Waals surface area contributed by atoms with Crippen LogP contribution in [0.1, 0.15) is 86.2 Å². The van der Waals surface area contributed by atoms with Gasteiger partial charge in [-0.15, -0.1) is 0 Å². The molecule has 1 aromatic heterocycles. The Balaban J connectivity index is 2.18. The Labute approximate surface area is 337 Å². The van der Waals surface area contributed by atoms with Crippen molar-refractivity contribution in [3.63, 3.8) is 0 Å². The molecule has 1 aliphatic rings. The van der Waals surface area contributed by atoms with Crippen LogP contribution < -0.4 is 21.8 Å². The highest BCUT2D eigenvalue weighted by molar-refractivity contribution is 5.99. The van der Waals surface area contributed by atoms with E-state index >= 15 is 0 Å². The number of allylic oxidation sites excluding steroid dienone is 1. The van der Waals surface area contributed by atoms with Gasteiger partial charge in [0, 0.05) is 0 Å². The van der Waals surface area contributed by atoms with Crippen molar-refractivity contribution in [3.05, 3.63) is 70.7 Å². The molecule has 1 aliphatic heterocycles. The molecule has 1 aromatic carbocycles. The van der Waals surface area contributed by atoms with E-state index in [9.17, 15) is 29.2 Å². The number of amides is 2. The van der Waals surface area contributed by atoms with E-state index in [1.807, 2.05) is 0 Å². The number of hydrogen-bond acceptors (Lipinski definition) is 12. The lowest BCUT2D eigenvalue weighted by atomic mass is 9.92. The van der Waals surface area contributed by atoms with Crippen LogP contribution in [0.5, 0.6) is 0 Å². The molecule has 0 unspecified atom stereocenters. The van der Waals surface area contributed by atoms with E-state index in [1.54, 1.807) is 85.7 Å². The number of amidine groups is 1. The van der Waals surface area contributed by atoms with Gasteiger partial charge in [-0.25, -0.2) is 19.2 Å². The van der Waals surface area contributed by atoms with Crippen molar-refractivity contribution in [2.45, 2.75) is 117 Å². The number of hydrogen-bond donors (Lipinski definition) is 5. The van der Waals surface area contributed by atoms with E-state index in [2.05, 4.69) is 26.7 Å². The highest BCUT2D eigenvalue weighted by Gasteiger charge is 2.62. The number of nitriles is 1. The first-order valence-corrected chi connectivity index (χ1v) is 18.4. The van der Waals surface area contributed by atoms with E-state index in [4.69, 9.17) is 39.6 Å². The normalized spacial score (nSPS) is 19.8. The summed E-state index contributed by atoms with van der Waals surface area (Å²) in [4.78, 5) is 73.8. The predicted octanol–water partition coefficient (Wildman–Crippen LogP) is 2.60. The smallest absolute Gasteiger partial charge is 0.412 e. The van der Waals surface area contributed by atoms with Crippen molar-refractivity contribution in [3.8, 4) is 6.07 Å². The van der Waals surface area contributed by atoms with Gasteiger partial charge in [0.2, 0.25) is 5.60 Å². The molecular weight excluding hydrogens is 754 g/mol. The minimum absolute atomic E-state index is 0.0386. The first-order chi connectivity index (χ1) is 27.0. The van der Waals surface area contributed by atoms with Crippen molar-refractivity contribution < 1.29 is 57.8 Å². The van der Waals surface area contributed by atoms with Gasteiger partial charge in [-0.1, -0.05) is 44.2 Å². The number of nitrogens with two attached hydrogens (primary N) is 2. The van der Waals surface area contributed by atoms with Crippen molar-refractivity contribution in [1.29, 1.82) is 5.26 Å². The zero-order valence-electron chi connectivity index (χ0n) is 34.5. The Bertz CT molecular complexity index is 1930. The molecule has 314 valence electrons. The van der Waals surface area contributed by atoms with E-state index in [0.717, 1.165) is 6.34 Å². The Kier molecular flexibility index (Phi) is 15.3. The highest BCUT2D eigenvalue weighted by atomic mass is 16.7. The molecule has 0 spiro atoms. The maximum absolute atomic E-state index is 14.1. The third kappa shape index (κ3) is 12.6. The SMILES string of the molecule is CC(C)=C(NC(=O)OC(C)(C)C)C(=O)O[C@@H]1[C@H](OC(=O)[C@@H](NC(=O)OC(C)(C)C)C(C)C)[C@@H](COC(=O)Cc2ccccc2)O[C@@]1(C#N)c1ccc(C(N)=NC=[NH2+])[nH]1. The Morgan fingerprint density at radius 1 is 1.00 bits per heavy atom. The predicted molar refractivity (Wildman–Crippen MR) is 208 cm³/mol. The molecule has 0 aliphatic carbocycles. The summed E-state index contributed by atoms with van der Waals surface area (Å²) in [5.41, 5.74) is 2.61. The van der Waals surface area contributed by atoms with Gasteiger partial charge >= 0.3 is 30.1 Å². The molecule has 7 N–H and O–H groups in total. The van der Waals surface area contributed by atoms with Gasteiger partial charge in [-0.05, 0) is 89.6 Å². The van der Waals surface area contributed by atoms with Crippen LogP contribution in [0.3, 0.4) is 0 Å². The third-order valence-corrected chi connectivity index (χ3v) is 8.15. The minimum Gasteiger partial charge on any atom is -0.463 e. The van der Waals surface area contributed by atoms with Gasteiger partial charge in [0.05, 0.1) is 12.1 Å². The van der Waals surface area contributed by atoms with Crippen molar-refractivity contribution in [1.82, 2.24) is 15.6 Å². The number of aromatic nitrogens is 1. The molecule has 18 heteroatoms. The summed E-state index contributed by atoms with van der Waals surface area (Å²) >= 11 is 0. The molecule has 1 saturated heterocycles. The molecule has 3 rings (SSSR count). The first kappa shape index (κ1) is 46.2. The molecule has 58 heavy (non-hydrogen) atoms. The number of esters is 3. The fourth-order valence-electron chi connectivity index (χ4n) is 5.58. The lowest BCUT2D eigenvalue weighted by Crippen LogP contribution is -2.51. The van der Waals surface area contributed by atoms with Crippen LogP contribution in [-0.2, 0) is 54.8 Å². The van der Waals surface area contributed by atoms with Crippen LogP contribution in [0, 0.1) is 17.2 Å². The quantitative estimate of drug-likeness (QED) is 0.0605. The lowest BCUT2D eigenvalue weighted by Gasteiger charge is -2.30.